The first kappa shape index (κ1) is 6.97. The number of hydrogen-bond donors (Lipinski definition) is 1. The number of aromatic hydroxyl groups is 1. The average molecular weight is 161 g/mol. The highest BCUT2D eigenvalue weighted by atomic mass is 16.3. The van der Waals surface area contributed by atoms with Crippen molar-refractivity contribution in [3.8, 4) is 6.01 Å². The number of hydrogen-bond acceptors (Lipinski definition) is 4. The van der Waals surface area contributed by atoms with Crippen LogP contribution in [-0.2, 0) is 6.42 Å². The van der Waals surface area contributed by atoms with Crippen LogP contribution in [0.15, 0.2) is 17.4 Å². The van der Waals surface area contributed by atoms with Gasteiger partial charge >= 0.3 is 6.01 Å². The molecule has 0 saturated heterocycles. The lowest BCUT2D eigenvalue weighted by atomic mass is 10.2. The minimum Gasteiger partial charge on any atom is -0.479 e. The molecule has 0 fully saturated rings. The molecular formula is C8H7N3O. The first-order valence-corrected chi connectivity index (χ1v) is 3.59. The van der Waals surface area contributed by atoms with E-state index in [1.807, 2.05) is 0 Å². The van der Waals surface area contributed by atoms with Crippen molar-refractivity contribution in [2.75, 3.05) is 0 Å². The third-order valence-electron chi connectivity index (χ3n) is 1.62. The van der Waals surface area contributed by atoms with Gasteiger partial charge in [-0.1, -0.05) is 0 Å². The van der Waals surface area contributed by atoms with Gasteiger partial charge in [-0.3, -0.25) is 4.99 Å². The second kappa shape index (κ2) is 2.73. The Bertz CT molecular complexity index is 357. The summed E-state index contributed by atoms with van der Waals surface area (Å²) in [5.41, 5.74) is 1.71. The van der Waals surface area contributed by atoms with Gasteiger partial charge in [-0.25, -0.2) is 4.98 Å². The molecule has 1 aromatic heterocycles. The molecule has 0 aromatic carbocycles. The standard InChI is InChI=1S/C8H7N3O/c12-8-10-5-6-1-3-9-4-2-7(6)11-8/h2-5H,1H2,(H,10,11,12). The third kappa shape index (κ3) is 1.18. The van der Waals surface area contributed by atoms with Crippen molar-refractivity contribution in [2.24, 2.45) is 4.99 Å². The molecule has 4 heteroatoms. The molecule has 0 aliphatic carbocycles. The fraction of sp³-hybridized carbons (Fsp3) is 0.125. The molecule has 12 heavy (non-hydrogen) atoms. The highest BCUT2D eigenvalue weighted by Crippen LogP contribution is 2.12. The van der Waals surface area contributed by atoms with Gasteiger partial charge in [0.1, 0.15) is 0 Å². The molecule has 0 amide bonds. The van der Waals surface area contributed by atoms with E-state index in [0.29, 0.717) is 6.42 Å². The quantitative estimate of drug-likeness (QED) is 0.611. The Morgan fingerprint density at radius 2 is 2.33 bits per heavy atom. The molecule has 1 aliphatic heterocycles. The Labute approximate surface area is 69.3 Å². The van der Waals surface area contributed by atoms with Crippen molar-refractivity contribution in [3.63, 3.8) is 0 Å². The summed E-state index contributed by atoms with van der Waals surface area (Å²) in [5, 5.41) is 8.98. The van der Waals surface area contributed by atoms with E-state index in [0.717, 1.165) is 11.3 Å². The van der Waals surface area contributed by atoms with Crippen molar-refractivity contribution in [1.82, 2.24) is 9.97 Å². The third-order valence-corrected chi connectivity index (χ3v) is 1.62. The molecule has 2 rings (SSSR count). The van der Waals surface area contributed by atoms with Gasteiger partial charge in [0.15, 0.2) is 0 Å². The van der Waals surface area contributed by atoms with Crippen LogP contribution in [-0.4, -0.2) is 21.3 Å². The molecule has 2 heterocycles. The second-order valence-electron chi connectivity index (χ2n) is 2.43. The number of aromatic nitrogens is 2. The number of nitrogens with zero attached hydrogens (tertiary/aromatic N) is 3. The normalized spacial score (nSPS) is 14.0. The maximum Gasteiger partial charge on any atom is 0.314 e. The van der Waals surface area contributed by atoms with E-state index >= 15 is 0 Å². The van der Waals surface area contributed by atoms with Gasteiger partial charge in [-0.15, -0.1) is 0 Å². The molecule has 0 unspecified atom stereocenters. The maximum absolute atomic E-state index is 8.98. The Balaban J connectivity index is 2.53. The molecule has 0 spiro atoms. The predicted molar refractivity (Wildman–Crippen MR) is 44.9 cm³/mol. The Kier molecular flexibility index (Phi) is 1.59. The maximum atomic E-state index is 8.98. The van der Waals surface area contributed by atoms with Gasteiger partial charge in [0.2, 0.25) is 0 Å². The van der Waals surface area contributed by atoms with Crippen LogP contribution in [0.25, 0.3) is 6.08 Å². The van der Waals surface area contributed by atoms with Crippen molar-refractivity contribution in [1.29, 1.82) is 0 Å². The van der Waals surface area contributed by atoms with Gasteiger partial charge < -0.3 is 5.11 Å². The van der Waals surface area contributed by atoms with Gasteiger partial charge in [0, 0.05) is 30.6 Å². The van der Waals surface area contributed by atoms with Crippen molar-refractivity contribution in [3.05, 3.63) is 23.7 Å². The van der Waals surface area contributed by atoms with Crippen LogP contribution in [0.1, 0.15) is 11.3 Å². The van der Waals surface area contributed by atoms with Crippen LogP contribution in [0.5, 0.6) is 6.01 Å². The predicted octanol–water partition coefficient (Wildman–Crippen LogP) is 0.780. The minimum atomic E-state index is -0.194. The Morgan fingerprint density at radius 1 is 1.42 bits per heavy atom. The zero-order valence-corrected chi connectivity index (χ0v) is 6.31. The lowest BCUT2D eigenvalue weighted by molar-refractivity contribution is 0.429. The molecule has 0 radical (unpaired) electrons. The SMILES string of the molecule is Oc1ncc2c(n1)C=CN=CC2. The fourth-order valence-electron chi connectivity index (χ4n) is 1.04. The summed E-state index contributed by atoms with van der Waals surface area (Å²) in [4.78, 5) is 11.5. The number of rotatable bonds is 0. The molecule has 0 atom stereocenters. The highest BCUT2D eigenvalue weighted by molar-refractivity contribution is 5.68. The zero-order valence-electron chi connectivity index (χ0n) is 6.31. The first-order valence-electron chi connectivity index (χ1n) is 3.59. The Hall–Kier alpha value is -1.71. The average Bonchev–Trinajstić information content (AvgIpc) is 2.28. The zero-order chi connectivity index (χ0) is 8.39. The summed E-state index contributed by atoms with van der Waals surface area (Å²) in [6, 6.07) is -0.194. The summed E-state index contributed by atoms with van der Waals surface area (Å²) >= 11 is 0. The molecular weight excluding hydrogens is 154 g/mol. The van der Waals surface area contributed by atoms with E-state index < -0.39 is 0 Å². The van der Waals surface area contributed by atoms with Gasteiger partial charge in [-0.05, 0) is 6.08 Å². The van der Waals surface area contributed by atoms with E-state index in [1.165, 1.54) is 0 Å². The van der Waals surface area contributed by atoms with Crippen LogP contribution in [0.4, 0.5) is 0 Å². The van der Waals surface area contributed by atoms with Crippen LogP contribution in [0.3, 0.4) is 0 Å². The molecule has 1 aliphatic rings. The summed E-state index contributed by atoms with van der Waals surface area (Å²) in [5.74, 6) is 0. The van der Waals surface area contributed by atoms with Crippen LogP contribution in [0, 0.1) is 0 Å². The van der Waals surface area contributed by atoms with Crippen molar-refractivity contribution in [2.45, 2.75) is 6.42 Å². The number of fused-ring (bicyclic) bond motifs is 1. The van der Waals surface area contributed by atoms with E-state index in [9.17, 15) is 0 Å². The second-order valence-corrected chi connectivity index (χ2v) is 2.43. The van der Waals surface area contributed by atoms with Gasteiger partial charge in [-0.2, -0.15) is 4.98 Å². The van der Waals surface area contributed by atoms with E-state index in [2.05, 4.69) is 15.0 Å². The van der Waals surface area contributed by atoms with Crippen LogP contribution in [0.2, 0.25) is 0 Å². The lowest BCUT2D eigenvalue weighted by Gasteiger charge is -1.98. The smallest absolute Gasteiger partial charge is 0.314 e. The molecule has 0 saturated carbocycles. The highest BCUT2D eigenvalue weighted by Gasteiger charge is 2.03. The Morgan fingerprint density at radius 3 is 3.25 bits per heavy atom. The molecule has 60 valence electrons. The lowest BCUT2D eigenvalue weighted by Crippen LogP contribution is -1.94. The van der Waals surface area contributed by atoms with Gasteiger partial charge in [0.25, 0.3) is 0 Å². The van der Waals surface area contributed by atoms with Crippen LogP contribution < -0.4 is 0 Å². The summed E-state index contributed by atoms with van der Waals surface area (Å²) in [7, 11) is 0. The van der Waals surface area contributed by atoms with Gasteiger partial charge in [0.05, 0.1) is 5.69 Å². The topological polar surface area (TPSA) is 58.4 Å². The number of aliphatic imine (C=N–C) groups is 1. The fourth-order valence-corrected chi connectivity index (χ4v) is 1.04. The van der Waals surface area contributed by atoms with Crippen molar-refractivity contribution < 1.29 is 5.11 Å². The molecule has 0 bridgehead atoms. The monoisotopic (exact) mass is 161 g/mol. The first-order chi connectivity index (χ1) is 5.86. The summed E-state index contributed by atoms with van der Waals surface area (Å²) in [6.07, 6.45) is 7.50. The molecule has 4 nitrogen and oxygen atoms in total. The summed E-state index contributed by atoms with van der Waals surface area (Å²) in [6.45, 7) is 0. The summed E-state index contributed by atoms with van der Waals surface area (Å²) < 4.78 is 0. The van der Waals surface area contributed by atoms with E-state index in [-0.39, 0.29) is 6.01 Å². The molecule has 1 N–H and O–H groups in total. The minimum absolute atomic E-state index is 0.194. The largest absolute Gasteiger partial charge is 0.479 e. The molecule has 1 aromatic rings. The van der Waals surface area contributed by atoms with E-state index in [1.54, 1.807) is 24.7 Å². The van der Waals surface area contributed by atoms with Crippen LogP contribution >= 0.6 is 0 Å². The van der Waals surface area contributed by atoms with E-state index in [4.69, 9.17) is 5.11 Å². The van der Waals surface area contributed by atoms with Crippen molar-refractivity contribution >= 4 is 12.3 Å².